The van der Waals surface area contributed by atoms with E-state index in [9.17, 15) is 4.79 Å². The number of aliphatic imine (C=N–C) groups is 1. The average molecular weight is 361 g/mol. The van der Waals surface area contributed by atoms with E-state index in [1.54, 1.807) is 11.8 Å². The van der Waals surface area contributed by atoms with Crippen LogP contribution in [-0.4, -0.2) is 30.6 Å². The highest BCUT2D eigenvalue weighted by Gasteiger charge is 2.32. The number of hydrogen-bond acceptors (Lipinski definition) is 5. The summed E-state index contributed by atoms with van der Waals surface area (Å²) in [6.07, 6.45) is 1.83. The Kier molecular flexibility index (Phi) is 7.12. The van der Waals surface area contributed by atoms with Crippen molar-refractivity contribution in [2.75, 3.05) is 18.9 Å². The normalized spacial score (nSPS) is 18.3. The van der Waals surface area contributed by atoms with E-state index in [1.807, 2.05) is 37.3 Å². The summed E-state index contributed by atoms with van der Waals surface area (Å²) in [6.45, 7) is 9.05. The number of nitrogens with one attached hydrogen (secondary N) is 1. The van der Waals surface area contributed by atoms with Crippen molar-refractivity contribution >= 4 is 29.1 Å². The monoisotopic (exact) mass is 360 g/mol. The second-order valence-electron chi connectivity index (χ2n) is 6.81. The lowest BCUT2D eigenvalue weighted by Gasteiger charge is -2.34. The van der Waals surface area contributed by atoms with Crippen LogP contribution in [0.1, 0.15) is 40.5 Å². The first-order chi connectivity index (χ1) is 11.9. The molecule has 0 aromatic heterocycles. The van der Waals surface area contributed by atoms with Gasteiger partial charge in [-0.3, -0.25) is 9.79 Å². The topological polar surface area (TPSA) is 50.7 Å². The lowest BCUT2D eigenvalue weighted by Crippen LogP contribution is -2.33. The largest absolute Gasteiger partial charge is 0.465 e. The first-order valence-electron chi connectivity index (χ1n) is 8.83. The van der Waals surface area contributed by atoms with Gasteiger partial charge in [-0.15, -0.1) is 11.8 Å². The molecule has 0 atom stereocenters. The van der Waals surface area contributed by atoms with Crippen LogP contribution in [0.3, 0.4) is 0 Å². The van der Waals surface area contributed by atoms with Crippen molar-refractivity contribution in [2.24, 2.45) is 10.4 Å². The van der Waals surface area contributed by atoms with E-state index in [0.717, 1.165) is 35.7 Å². The van der Waals surface area contributed by atoms with Crippen molar-refractivity contribution in [1.29, 1.82) is 0 Å². The van der Waals surface area contributed by atoms with Gasteiger partial charge < -0.3 is 10.1 Å². The number of ether oxygens (including phenoxy) is 1. The third-order valence-corrected chi connectivity index (χ3v) is 4.96. The van der Waals surface area contributed by atoms with Crippen LogP contribution in [0, 0.1) is 5.41 Å². The minimum Gasteiger partial charge on any atom is -0.465 e. The van der Waals surface area contributed by atoms with E-state index >= 15 is 0 Å². The number of rotatable bonds is 7. The molecule has 0 bridgehead atoms. The standard InChI is InChI=1S/C20H28N2O2S/c1-5-24-18(23)14-21-16-12-20(3,4)13-17(19(16)25-6-2)22-15-10-8-7-9-11-15/h7-11,21H,5-6,12-14H2,1-4H3/b22-17+. The summed E-state index contributed by atoms with van der Waals surface area (Å²) in [6, 6.07) is 10.1. The molecule has 1 N–H and O–H groups in total. The van der Waals surface area contributed by atoms with E-state index in [-0.39, 0.29) is 17.9 Å². The Morgan fingerprint density at radius 1 is 1.24 bits per heavy atom. The smallest absolute Gasteiger partial charge is 0.325 e. The summed E-state index contributed by atoms with van der Waals surface area (Å²) in [7, 11) is 0. The molecule has 0 saturated carbocycles. The summed E-state index contributed by atoms with van der Waals surface area (Å²) in [5, 5.41) is 3.32. The summed E-state index contributed by atoms with van der Waals surface area (Å²) < 4.78 is 5.04. The first kappa shape index (κ1) is 19.6. The molecule has 2 rings (SSSR count). The fraction of sp³-hybridized carbons (Fsp3) is 0.500. The van der Waals surface area contributed by atoms with Crippen molar-refractivity contribution in [3.8, 4) is 0 Å². The molecule has 1 aromatic carbocycles. The fourth-order valence-electron chi connectivity index (χ4n) is 2.93. The third-order valence-electron chi connectivity index (χ3n) is 3.90. The molecule has 136 valence electrons. The summed E-state index contributed by atoms with van der Waals surface area (Å²) in [5.74, 6) is 0.745. The van der Waals surface area contributed by atoms with Crippen molar-refractivity contribution in [3.63, 3.8) is 0 Å². The van der Waals surface area contributed by atoms with Gasteiger partial charge in [-0.1, -0.05) is 39.0 Å². The molecule has 0 aliphatic heterocycles. The summed E-state index contributed by atoms with van der Waals surface area (Å²) in [4.78, 5) is 17.8. The third kappa shape index (κ3) is 5.92. The minimum absolute atomic E-state index is 0.0996. The van der Waals surface area contributed by atoms with Gasteiger partial charge in [0, 0.05) is 10.6 Å². The van der Waals surface area contributed by atoms with Gasteiger partial charge in [-0.05, 0) is 43.1 Å². The van der Waals surface area contributed by atoms with Crippen molar-refractivity contribution in [1.82, 2.24) is 5.32 Å². The molecule has 0 unspecified atom stereocenters. The molecular weight excluding hydrogens is 332 g/mol. The molecule has 0 saturated heterocycles. The van der Waals surface area contributed by atoms with Crippen LogP contribution in [0.25, 0.3) is 0 Å². The Morgan fingerprint density at radius 3 is 2.60 bits per heavy atom. The van der Waals surface area contributed by atoms with Crippen LogP contribution in [0.4, 0.5) is 5.69 Å². The molecule has 0 radical (unpaired) electrons. The van der Waals surface area contributed by atoms with Gasteiger partial charge in [0.25, 0.3) is 0 Å². The van der Waals surface area contributed by atoms with E-state index in [0.29, 0.717) is 6.61 Å². The molecule has 1 aromatic rings. The number of hydrogen-bond donors (Lipinski definition) is 1. The second-order valence-corrected chi connectivity index (χ2v) is 8.09. The number of carbonyl (C=O) groups excluding carboxylic acids is 1. The number of esters is 1. The SMILES string of the molecule is CCOC(=O)CNC1=C(SCC)/C(=N/c2ccccc2)CC(C)(C)C1. The molecule has 1 aliphatic rings. The molecule has 4 nitrogen and oxygen atoms in total. The number of carbonyl (C=O) groups is 1. The zero-order chi connectivity index (χ0) is 18.3. The number of para-hydroxylation sites is 1. The lowest BCUT2D eigenvalue weighted by molar-refractivity contribution is -0.141. The predicted molar refractivity (Wildman–Crippen MR) is 106 cm³/mol. The van der Waals surface area contributed by atoms with Crippen LogP contribution in [0.5, 0.6) is 0 Å². The number of thioether (sulfide) groups is 1. The lowest BCUT2D eigenvalue weighted by atomic mass is 9.78. The second kappa shape index (κ2) is 9.09. The Bertz CT molecular complexity index is 651. The molecule has 0 amide bonds. The molecule has 5 heteroatoms. The van der Waals surface area contributed by atoms with Crippen LogP contribution < -0.4 is 5.32 Å². The molecular formula is C20H28N2O2S. The van der Waals surface area contributed by atoms with Gasteiger partial charge in [0.1, 0.15) is 6.54 Å². The highest BCUT2D eigenvalue weighted by molar-refractivity contribution is 8.04. The van der Waals surface area contributed by atoms with Crippen LogP contribution in [0.2, 0.25) is 0 Å². The van der Waals surface area contributed by atoms with Gasteiger partial charge >= 0.3 is 5.97 Å². The molecule has 0 spiro atoms. The maximum atomic E-state index is 11.7. The minimum atomic E-state index is -0.222. The Hall–Kier alpha value is -1.75. The van der Waals surface area contributed by atoms with Gasteiger partial charge in [0.15, 0.2) is 0 Å². The van der Waals surface area contributed by atoms with Crippen LogP contribution in [-0.2, 0) is 9.53 Å². The number of nitrogens with zero attached hydrogens (tertiary/aromatic N) is 1. The maximum Gasteiger partial charge on any atom is 0.325 e. The van der Waals surface area contributed by atoms with Crippen LogP contribution in [0.15, 0.2) is 45.9 Å². The predicted octanol–water partition coefficient (Wildman–Crippen LogP) is 4.70. The zero-order valence-corrected chi connectivity index (χ0v) is 16.4. The highest BCUT2D eigenvalue weighted by atomic mass is 32.2. The van der Waals surface area contributed by atoms with Gasteiger partial charge in [0.2, 0.25) is 0 Å². The highest BCUT2D eigenvalue weighted by Crippen LogP contribution is 2.41. The van der Waals surface area contributed by atoms with Crippen LogP contribution >= 0.6 is 11.8 Å². The van der Waals surface area contributed by atoms with Gasteiger partial charge in [-0.25, -0.2) is 0 Å². The van der Waals surface area contributed by atoms with Crippen molar-refractivity contribution < 1.29 is 9.53 Å². The van der Waals surface area contributed by atoms with Crippen molar-refractivity contribution in [2.45, 2.75) is 40.5 Å². The number of benzene rings is 1. The van der Waals surface area contributed by atoms with E-state index < -0.39 is 0 Å². The molecule has 1 aliphatic carbocycles. The summed E-state index contributed by atoms with van der Waals surface area (Å²) in [5.41, 5.74) is 3.27. The summed E-state index contributed by atoms with van der Waals surface area (Å²) >= 11 is 1.79. The zero-order valence-electron chi connectivity index (χ0n) is 15.6. The Labute approximate surface area is 155 Å². The quantitative estimate of drug-likeness (QED) is 0.716. The Balaban J connectivity index is 2.33. The van der Waals surface area contributed by atoms with Gasteiger partial charge in [0.05, 0.1) is 18.0 Å². The van der Waals surface area contributed by atoms with E-state index in [2.05, 4.69) is 26.1 Å². The van der Waals surface area contributed by atoms with E-state index in [1.165, 1.54) is 4.91 Å². The number of allylic oxidation sites excluding steroid dienone is 2. The average Bonchev–Trinajstić information content (AvgIpc) is 2.56. The van der Waals surface area contributed by atoms with E-state index in [4.69, 9.17) is 9.73 Å². The van der Waals surface area contributed by atoms with Gasteiger partial charge in [-0.2, -0.15) is 0 Å². The molecule has 0 heterocycles. The fourth-order valence-corrected chi connectivity index (χ4v) is 3.82. The van der Waals surface area contributed by atoms with Crippen molar-refractivity contribution in [3.05, 3.63) is 40.9 Å². The Morgan fingerprint density at radius 2 is 1.96 bits per heavy atom. The first-order valence-corrected chi connectivity index (χ1v) is 9.82. The molecule has 0 fully saturated rings. The maximum absolute atomic E-state index is 11.7. The molecule has 25 heavy (non-hydrogen) atoms.